The van der Waals surface area contributed by atoms with Crippen LogP contribution in [0.25, 0.3) is 0 Å². The van der Waals surface area contributed by atoms with Crippen LogP contribution in [0.5, 0.6) is 0 Å². The second-order valence-corrected chi connectivity index (χ2v) is 6.54. The lowest BCUT2D eigenvalue weighted by Crippen LogP contribution is -2.57. The van der Waals surface area contributed by atoms with Crippen molar-refractivity contribution in [2.45, 2.75) is 32.5 Å². The molecule has 1 aromatic heterocycles. The maximum Gasteiger partial charge on any atom is 0.239 e. The zero-order chi connectivity index (χ0) is 16.9. The number of carbonyl (C=O) groups excluding carboxylic acids is 1. The van der Waals surface area contributed by atoms with Gasteiger partial charge in [-0.05, 0) is 13.5 Å². The standard InChI is InChI=1S/C16H28N6O2/c1-3-19-4-6-20(7-5-19)16(23)14(2)21-8-9-24-15(10-21)11-22-13-17-12-18-22/h12-15H,3-11H2,1-2H3/t14-,15+/m1/s1. The van der Waals surface area contributed by atoms with Crippen molar-refractivity contribution >= 4 is 5.91 Å². The third-order valence-corrected chi connectivity index (χ3v) is 5.06. The Bertz CT molecular complexity index is 515. The zero-order valence-electron chi connectivity index (χ0n) is 14.7. The number of carbonyl (C=O) groups is 1. The Hall–Kier alpha value is -1.51. The zero-order valence-corrected chi connectivity index (χ0v) is 14.7. The maximum atomic E-state index is 12.8. The second kappa shape index (κ2) is 8.04. The fourth-order valence-corrected chi connectivity index (χ4v) is 3.44. The van der Waals surface area contributed by atoms with Gasteiger partial charge in [-0.15, -0.1) is 0 Å². The van der Waals surface area contributed by atoms with Crippen LogP contribution in [0, 0.1) is 0 Å². The first-order chi connectivity index (χ1) is 11.7. The lowest BCUT2D eigenvalue weighted by Gasteiger charge is -2.40. The van der Waals surface area contributed by atoms with Gasteiger partial charge in [0.1, 0.15) is 12.7 Å². The smallest absolute Gasteiger partial charge is 0.239 e. The minimum absolute atomic E-state index is 0.0487. The molecule has 1 amide bonds. The van der Waals surface area contributed by atoms with Crippen LogP contribution in [0.2, 0.25) is 0 Å². The molecule has 1 aromatic rings. The minimum atomic E-state index is -0.0969. The summed E-state index contributed by atoms with van der Waals surface area (Å²) in [6.07, 6.45) is 3.28. The Balaban J connectivity index is 1.52. The van der Waals surface area contributed by atoms with Gasteiger partial charge in [-0.3, -0.25) is 14.4 Å². The summed E-state index contributed by atoms with van der Waals surface area (Å²) in [5.41, 5.74) is 0. The van der Waals surface area contributed by atoms with Crippen molar-refractivity contribution in [3.8, 4) is 0 Å². The summed E-state index contributed by atoms with van der Waals surface area (Å²) in [4.78, 5) is 23.4. The van der Waals surface area contributed by atoms with E-state index in [1.54, 1.807) is 11.0 Å². The third kappa shape index (κ3) is 4.12. The Morgan fingerprint density at radius 3 is 2.75 bits per heavy atom. The van der Waals surface area contributed by atoms with E-state index in [0.717, 1.165) is 45.8 Å². The number of hydrogen-bond donors (Lipinski definition) is 0. The molecule has 134 valence electrons. The number of morpholine rings is 1. The topological polar surface area (TPSA) is 66.7 Å². The number of hydrogen-bond acceptors (Lipinski definition) is 6. The van der Waals surface area contributed by atoms with Crippen LogP contribution in [0.15, 0.2) is 12.7 Å². The summed E-state index contributed by atoms with van der Waals surface area (Å²) >= 11 is 0. The Kier molecular flexibility index (Phi) is 5.80. The van der Waals surface area contributed by atoms with E-state index in [2.05, 4.69) is 26.8 Å². The van der Waals surface area contributed by atoms with E-state index >= 15 is 0 Å². The molecule has 8 heteroatoms. The quantitative estimate of drug-likeness (QED) is 0.724. The van der Waals surface area contributed by atoms with E-state index in [9.17, 15) is 4.79 Å². The van der Waals surface area contributed by atoms with Gasteiger partial charge in [-0.2, -0.15) is 5.10 Å². The highest BCUT2D eigenvalue weighted by molar-refractivity contribution is 5.81. The number of amides is 1. The summed E-state index contributed by atoms with van der Waals surface area (Å²) in [7, 11) is 0. The second-order valence-electron chi connectivity index (χ2n) is 6.54. The van der Waals surface area contributed by atoms with E-state index in [1.165, 1.54) is 6.33 Å². The summed E-state index contributed by atoms with van der Waals surface area (Å²) in [6, 6.07) is -0.0969. The highest BCUT2D eigenvalue weighted by Crippen LogP contribution is 2.13. The molecule has 0 spiro atoms. The van der Waals surface area contributed by atoms with Gasteiger partial charge in [0.25, 0.3) is 0 Å². The molecule has 24 heavy (non-hydrogen) atoms. The van der Waals surface area contributed by atoms with Gasteiger partial charge in [0.15, 0.2) is 0 Å². The molecule has 8 nitrogen and oxygen atoms in total. The van der Waals surface area contributed by atoms with Gasteiger partial charge in [0, 0.05) is 39.3 Å². The maximum absolute atomic E-state index is 12.8. The number of aromatic nitrogens is 3. The molecule has 3 rings (SSSR count). The normalized spacial score (nSPS) is 24.9. The predicted octanol–water partition coefficient (Wildman–Crippen LogP) is -0.468. The van der Waals surface area contributed by atoms with Crippen LogP contribution in [-0.4, -0.2) is 99.9 Å². The molecular formula is C16H28N6O2. The molecule has 0 aromatic carbocycles. The van der Waals surface area contributed by atoms with Crippen molar-refractivity contribution in [3.05, 3.63) is 12.7 Å². The molecule has 0 saturated carbocycles. The highest BCUT2D eigenvalue weighted by Gasteiger charge is 2.31. The van der Waals surface area contributed by atoms with E-state index < -0.39 is 0 Å². The van der Waals surface area contributed by atoms with Gasteiger partial charge < -0.3 is 14.5 Å². The molecule has 2 aliphatic rings. The number of rotatable bonds is 5. The van der Waals surface area contributed by atoms with Crippen LogP contribution >= 0.6 is 0 Å². The molecule has 2 aliphatic heterocycles. The molecule has 0 aliphatic carbocycles. The van der Waals surface area contributed by atoms with Crippen molar-refractivity contribution in [2.24, 2.45) is 0 Å². The van der Waals surface area contributed by atoms with Crippen LogP contribution in [0.4, 0.5) is 0 Å². The number of likely N-dealkylation sites (N-methyl/N-ethyl adjacent to an activating group) is 1. The number of nitrogens with zero attached hydrogens (tertiary/aromatic N) is 6. The Labute approximate surface area is 143 Å². The Morgan fingerprint density at radius 2 is 2.08 bits per heavy atom. The molecular weight excluding hydrogens is 308 g/mol. The lowest BCUT2D eigenvalue weighted by molar-refractivity contribution is -0.141. The van der Waals surface area contributed by atoms with Gasteiger partial charge >= 0.3 is 0 Å². The minimum Gasteiger partial charge on any atom is -0.374 e. The van der Waals surface area contributed by atoms with Crippen molar-refractivity contribution in [1.82, 2.24) is 29.5 Å². The van der Waals surface area contributed by atoms with Crippen LogP contribution in [0.3, 0.4) is 0 Å². The molecule has 0 bridgehead atoms. The average molecular weight is 336 g/mol. The van der Waals surface area contributed by atoms with Crippen molar-refractivity contribution in [1.29, 1.82) is 0 Å². The number of ether oxygens (including phenoxy) is 1. The summed E-state index contributed by atoms with van der Waals surface area (Å²) in [5.74, 6) is 0.243. The highest BCUT2D eigenvalue weighted by atomic mass is 16.5. The van der Waals surface area contributed by atoms with Crippen LogP contribution < -0.4 is 0 Å². The first kappa shape index (κ1) is 17.3. The Morgan fingerprint density at radius 1 is 1.29 bits per heavy atom. The average Bonchev–Trinajstić information content (AvgIpc) is 3.14. The first-order valence-corrected chi connectivity index (χ1v) is 8.86. The van der Waals surface area contributed by atoms with E-state index in [4.69, 9.17) is 4.74 Å². The molecule has 0 unspecified atom stereocenters. The van der Waals surface area contributed by atoms with Gasteiger partial charge in [0.05, 0.1) is 25.3 Å². The third-order valence-electron chi connectivity index (χ3n) is 5.06. The summed E-state index contributed by atoms with van der Waals surface area (Å²) < 4.78 is 7.61. The first-order valence-electron chi connectivity index (χ1n) is 8.86. The molecule has 2 saturated heterocycles. The van der Waals surface area contributed by atoms with E-state index in [1.807, 2.05) is 11.8 Å². The van der Waals surface area contributed by atoms with Gasteiger partial charge in [0.2, 0.25) is 5.91 Å². The van der Waals surface area contributed by atoms with Crippen molar-refractivity contribution < 1.29 is 9.53 Å². The van der Waals surface area contributed by atoms with Gasteiger partial charge in [-0.1, -0.05) is 6.92 Å². The van der Waals surface area contributed by atoms with Crippen molar-refractivity contribution in [2.75, 3.05) is 52.4 Å². The monoisotopic (exact) mass is 336 g/mol. The predicted molar refractivity (Wildman–Crippen MR) is 89.5 cm³/mol. The fourth-order valence-electron chi connectivity index (χ4n) is 3.44. The van der Waals surface area contributed by atoms with Crippen LogP contribution in [0.1, 0.15) is 13.8 Å². The molecule has 0 radical (unpaired) electrons. The van der Waals surface area contributed by atoms with E-state index in [-0.39, 0.29) is 18.1 Å². The summed E-state index contributed by atoms with van der Waals surface area (Å²) in [5, 5.41) is 4.13. The molecule has 3 heterocycles. The van der Waals surface area contributed by atoms with Crippen molar-refractivity contribution in [3.63, 3.8) is 0 Å². The lowest BCUT2D eigenvalue weighted by atomic mass is 10.1. The molecule has 2 atom stereocenters. The molecule has 0 N–H and O–H groups in total. The largest absolute Gasteiger partial charge is 0.374 e. The van der Waals surface area contributed by atoms with E-state index in [0.29, 0.717) is 13.2 Å². The number of piperazine rings is 1. The SMILES string of the molecule is CCN1CCN(C(=O)[C@@H](C)N2CCO[C@H](Cn3cncn3)C2)CC1. The fraction of sp³-hybridized carbons (Fsp3) is 0.812. The van der Waals surface area contributed by atoms with Crippen LogP contribution in [-0.2, 0) is 16.1 Å². The molecule has 2 fully saturated rings. The summed E-state index contributed by atoms with van der Waals surface area (Å²) in [6.45, 7) is 11.8. The van der Waals surface area contributed by atoms with Gasteiger partial charge in [-0.25, -0.2) is 4.98 Å².